The molecule has 1 heterocycles. The number of carboxylic acids is 1. The summed E-state index contributed by atoms with van der Waals surface area (Å²) in [5.41, 5.74) is -1.13. The number of pyridine rings is 1. The fourth-order valence-corrected chi connectivity index (χ4v) is 1.27. The van der Waals surface area contributed by atoms with Crippen LogP contribution in [-0.4, -0.2) is 16.1 Å². The molecule has 1 aromatic heterocycles. The SMILES string of the molecule is O=C(O)c1ncc(I)cc1C(F)F. The van der Waals surface area contributed by atoms with Crippen molar-refractivity contribution in [3.05, 3.63) is 27.1 Å². The van der Waals surface area contributed by atoms with Crippen LogP contribution >= 0.6 is 22.6 Å². The molecule has 0 amide bonds. The van der Waals surface area contributed by atoms with Crippen LogP contribution in [0.1, 0.15) is 22.5 Å². The highest BCUT2D eigenvalue weighted by molar-refractivity contribution is 14.1. The van der Waals surface area contributed by atoms with Crippen molar-refractivity contribution < 1.29 is 18.7 Å². The minimum Gasteiger partial charge on any atom is -0.476 e. The zero-order chi connectivity index (χ0) is 10.0. The Balaban J connectivity index is 3.26. The highest BCUT2D eigenvalue weighted by Crippen LogP contribution is 2.23. The van der Waals surface area contributed by atoms with Crippen LogP contribution in [0.15, 0.2) is 12.3 Å². The first kappa shape index (κ1) is 10.3. The fourth-order valence-electron chi connectivity index (χ4n) is 0.800. The summed E-state index contributed by atoms with van der Waals surface area (Å²) in [6, 6.07) is 1.11. The lowest BCUT2D eigenvalue weighted by Gasteiger charge is -2.03. The van der Waals surface area contributed by atoms with Gasteiger partial charge in [0.05, 0.1) is 5.56 Å². The van der Waals surface area contributed by atoms with Crippen molar-refractivity contribution in [2.75, 3.05) is 0 Å². The van der Waals surface area contributed by atoms with Crippen molar-refractivity contribution in [1.29, 1.82) is 0 Å². The average Bonchev–Trinajstić information content (AvgIpc) is 2.03. The maximum absolute atomic E-state index is 12.3. The molecule has 0 saturated heterocycles. The molecular weight excluding hydrogens is 295 g/mol. The van der Waals surface area contributed by atoms with Crippen molar-refractivity contribution in [1.82, 2.24) is 4.98 Å². The van der Waals surface area contributed by atoms with E-state index in [1.165, 1.54) is 6.20 Å². The highest BCUT2D eigenvalue weighted by atomic mass is 127. The van der Waals surface area contributed by atoms with Gasteiger partial charge in [0.25, 0.3) is 6.43 Å². The molecule has 0 aliphatic heterocycles. The van der Waals surface area contributed by atoms with Crippen LogP contribution < -0.4 is 0 Å². The molecule has 0 bridgehead atoms. The lowest BCUT2D eigenvalue weighted by Crippen LogP contribution is -2.06. The number of alkyl halides is 2. The van der Waals surface area contributed by atoms with E-state index in [0.717, 1.165) is 6.07 Å². The summed E-state index contributed by atoms with van der Waals surface area (Å²) < 4.78 is 25.0. The number of hydrogen-bond acceptors (Lipinski definition) is 2. The molecule has 0 radical (unpaired) electrons. The van der Waals surface area contributed by atoms with Gasteiger partial charge in [-0.2, -0.15) is 0 Å². The Morgan fingerprint density at radius 1 is 1.62 bits per heavy atom. The Morgan fingerprint density at radius 2 is 2.23 bits per heavy atom. The minimum atomic E-state index is -2.81. The number of carboxylic acid groups (broad SMARTS) is 1. The van der Waals surface area contributed by atoms with Crippen molar-refractivity contribution in [2.24, 2.45) is 0 Å². The first-order chi connectivity index (χ1) is 6.02. The lowest BCUT2D eigenvalue weighted by molar-refractivity contribution is 0.0677. The van der Waals surface area contributed by atoms with Crippen LogP contribution in [-0.2, 0) is 0 Å². The van der Waals surface area contributed by atoms with E-state index in [2.05, 4.69) is 4.98 Å². The van der Waals surface area contributed by atoms with Gasteiger partial charge >= 0.3 is 5.97 Å². The topological polar surface area (TPSA) is 50.2 Å². The van der Waals surface area contributed by atoms with Crippen molar-refractivity contribution in [2.45, 2.75) is 6.43 Å². The second-order valence-electron chi connectivity index (χ2n) is 2.20. The number of aromatic carboxylic acids is 1. The van der Waals surface area contributed by atoms with E-state index in [1.807, 2.05) is 0 Å². The molecule has 1 rings (SSSR count). The number of halogens is 3. The van der Waals surface area contributed by atoms with E-state index >= 15 is 0 Å². The standard InChI is InChI=1S/C7H4F2INO2/c8-6(9)4-1-3(10)2-11-5(4)7(12)13/h1-2,6H,(H,12,13). The average molecular weight is 299 g/mol. The van der Waals surface area contributed by atoms with Gasteiger partial charge in [-0.1, -0.05) is 0 Å². The zero-order valence-electron chi connectivity index (χ0n) is 6.17. The van der Waals surface area contributed by atoms with Gasteiger partial charge in [-0.3, -0.25) is 0 Å². The molecule has 0 aliphatic carbocycles. The van der Waals surface area contributed by atoms with E-state index in [4.69, 9.17) is 5.11 Å². The molecule has 0 fully saturated rings. The summed E-state index contributed by atoms with van der Waals surface area (Å²) in [5.74, 6) is -1.44. The van der Waals surface area contributed by atoms with Gasteiger partial charge in [-0.15, -0.1) is 0 Å². The maximum atomic E-state index is 12.3. The molecule has 3 nitrogen and oxygen atoms in total. The molecule has 0 aromatic carbocycles. The van der Waals surface area contributed by atoms with Crippen LogP contribution in [0.5, 0.6) is 0 Å². The Hall–Kier alpha value is -0.790. The zero-order valence-corrected chi connectivity index (χ0v) is 8.33. The molecule has 1 N–H and O–H groups in total. The summed E-state index contributed by atoms with van der Waals surface area (Å²) in [5, 5.41) is 8.51. The van der Waals surface area contributed by atoms with Crippen molar-refractivity contribution in [3.63, 3.8) is 0 Å². The first-order valence-electron chi connectivity index (χ1n) is 3.19. The molecule has 0 aliphatic rings. The quantitative estimate of drug-likeness (QED) is 0.853. The van der Waals surface area contributed by atoms with E-state index in [0.29, 0.717) is 3.57 Å². The summed E-state index contributed by atoms with van der Waals surface area (Å²) in [7, 11) is 0. The smallest absolute Gasteiger partial charge is 0.354 e. The molecule has 0 unspecified atom stereocenters. The van der Waals surface area contributed by atoms with E-state index in [9.17, 15) is 13.6 Å². The van der Waals surface area contributed by atoms with Crippen molar-refractivity contribution >= 4 is 28.6 Å². The van der Waals surface area contributed by atoms with Crippen LogP contribution in [0.25, 0.3) is 0 Å². The number of aromatic nitrogens is 1. The van der Waals surface area contributed by atoms with Gasteiger partial charge in [0, 0.05) is 9.77 Å². The van der Waals surface area contributed by atoms with Crippen LogP contribution in [0.3, 0.4) is 0 Å². The van der Waals surface area contributed by atoms with Crippen LogP contribution in [0.2, 0.25) is 0 Å². The first-order valence-corrected chi connectivity index (χ1v) is 4.27. The monoisotopic (exact) mass is 299 g/mol. The number of rotatable bonds is 2. The molecule has 6 heteroatoms. The minimum absolute atomic E-state index is 0.484. The third kappa shape index (κ3) is 2.33. The van der Waals surface area contributed by atoms with Gasteiger partial charge < -0.3 is 5.11 Å². The Kier molecular flexibility index (Phi) is 3.12. The molecule has 0 spiro atoms. The van der Waals surface area contributed by atoms with Gasteiger partial charge in [0.2, 0.25) is 0 Å². The van der Waals surface area contributed by atoms with Gasteiger partial charge in [0.15, 0.2) is 5.69 Å². The lowest BCUT2D eigenvalue weighted by atomic mass is 10.2. The Bertz CT molecular complexity index is 343. The normalized spacial score (nSPS) is 10.5. The number of hydrogen-bond donors (Lipinski definition) is 1. The van der Waals surface area contributed by atoms with Gasteiger partial charge in [-0.05, 0) is 28.7 Å². The number of nitrogens with zero attached hydrogens (tertiary/aromatic N) is 1. The summed E-state index contributed by atoms with van der Waals surface area (Å²) >= 11 is 1.79. The van der Waals surface area contributed by atoms with Crippen molar-refractivity contribution in [3.8, 4) is 0 Å². The maximum Gasteiger partial charge on any atom is 0.354 e. The third-order valence-electron chi connectivity index (χ3n) is 1.32. The molecule has 1 aromatic rings. The highest BCUT2D eigenvalue weighted by Gasteiger charge is 2.19. The Morgan fingerprint density at radius 3 is 2.69 bits per heavy atom. The van der Waals surface area contributed by atoms with E-state index in [-0.39, 0.29) is 0 Å². The molecule has 13 heavy (non-hydrogen) atoms. The summed E-state index contributed by atoms with van der Waals surface area (Å²) in [6.45, 7) is 0. The second kappa shape index (κ2) is 3.95. The molecule has 0 saturated carbocycles. The summed E-state index contributed by atoms with van der Waals surface area (Å²) in [6.07, 6.45) is -1.58. The third-order valence-corrected chi connectivity index (χ3v) is 1.91. The molecular formula is C7H4F2INO2. The fraction of sp³-hybridized carbons (Fsp3) is 0.143. The predicted molar refractivity (Wildman–Crippen MR) is 48.9 cm³/mol. The molecule has 70 valence electrons. The largest absolute Gasteiger partial charge is 0.476 e. The number of carbonyl (C=O) groups is 1. The Labute approximate surface area is 85.9 Å². The van der Waals surface area contributed by atoms with Crippen LogP contribution in [0, 0.1) is 3.57 Å². The van der Waals surface area contributed by atoms with E-state index < -0.39 is 23.7 Å². The van der Waals surface area contributed by atoms with Crippen LogP contribution in [0.4, 0.5) is 8.78 Å². The predicted octanol–water partition coefficient (Wildman–Crippen LogP) is 2.32. The van der Waals surface area contributed by atoms with E-state index in [1.54, 1.807) is 22.6 Å². The molecule has 0 atom stereocenters. The van der Waals surface area contributed by atoms with Gasteiger partial charge in [0.1, 0.15) is 0 Å². The second-order valence-corrected chi connectivity index (χ2v) is 3.44. The summed E-state index contributed by atoms with van der Waals surface area (Å²) in [4.78, 5) is 13.9. The van der Waals surface area contributed by atoms with Gasteiger partial charge in [-0.25, -0.2) is 18.6 Å².